The van der Waals surface area contributed by atoms with Gasteiger partial charge in [-0.3, -0.25) is 4.79 Å². The second kappa shape index (κ2) is 9.17. The zero-order chi connectivity index (χ0) is 20.9. The highest BCUT2D eigenvalue weighted by Gasteiger charge is 2.29. The summed E-state index contributed by atoms with van der Waals surface area (Å²) in [6.45, 7) is 4.09. The second-order valence-electron chi connectivity index (χ2n) is 7.19. The molecule has 0 bridgehead atoms. The Bertz CT molecular complexity index is 865. The highest BCUT2D eigenvalue weighted by Crippen LogP contribution is 2.26. The lowest BCUT2D eigenvalue weighted by Crippen LogP contribution is -2.36. The normalized spacial score (nSPS) is 18.9. The fourth-order valence-corrected chi connectivity index (χ4v) is 3.65. The smallest absolute Gasteiger partial charge is 0.254 e. The minimum atomic E-state index is -0.117. The summed E-state index contributed by atoms with van der Waals surface area (Å²) in [6, 6.07) is 7.03. The zero-order valence-corrected chi connectivity index (χ0v) is 17.2. The van der Waals surface area contributed by atoms with Gasteiger partial charge >= 0.3 is 0 Å². The van der Waals surface area contributed by atoms with Crippen LogP contribution in [0.15, 0.2) is 30.6 Å². The van der Waals surface area contributed by atoms with Crippen LogP contribution in [0.1, 0.15) is 16.8 Å². The first-order valence-corrected chi connectivity index (χ1v) is 10.00. The third kappa shape index (κ3) is 4.56. The molecule has 9 heteroatoms. The van der Waals surface area contributed by atoms with Gasteiger partial charge in [0.25, 0.3) is 5.91 Å². The maximum absolute atomic E-state index is 13.0. The lowest BCUT2D eigenvalue weighted by molar-refractivity contribution is 0.0770. The summed E-state index contributed by atoms with van der Waals surface area (Å²) in [6.07, 6.45) is 2.14. The first kappa shape index (κ1) is 20.2. The molecule has 1 aromatic heterocycles. The van der Waals surface area contributed by atoms with E-state index in [0.29, 0.717) is 49.2 Å². The van der Waals surface area contributed by atoms with E-state index in [2.05, 4.69) is 14.9 Å². The van der Waals surface area contributed by atoms with Crippen LogP contribution in [0, 0.1) is 0 Å². The van der Waals surface area contributed by atoms with Gasteiger partial charge in [0.05, 0.1) is 34.0 Å². The Morgan fingerprint density at radius 3 is 2.47 bits per heavy atom. The van der Waals surface area contributed by atoms with Gasteiger partial charge in [0.15, 0.2) is 0 Å². The monoisotopic (exact) mass is 414 g/mol. The van der Waals surface area contributed by atoms with Crippen molar-refractivity contribution in [3.63, 3.8) is 0 Å². The SMILES string of the molecule is COc1cc(OC)cc(C(=O)N2CCC(Oc3cc(N4CCOCC4)ncn3)C2)c1. The molecule has 9 nitrogen and oxygen atoms in total. The molecule has 2 aliphatic rings. The van der Waals surface area contributed by atoms with Crippen molar-refractivity contribution in [1.29, 1.82) is 0 Å². The van der Waals surface area contributed by atoms with E-state index in [1.807, 2.05) is 6.07 Å². The molecule has 4 rings (SSSR count). The summed E-state index contributed by atoms with van der Waals surface area (Å²) >= 11 is 0. The first-order valence-electron chi connectivity index (χ1n) is 10.00. The molecular weight excluding hydrogens is 388 g/mol. The summed E-state index contributed by atoms with van der Waals surface area (Å²) in [5, 5.41) is 0. The van der Waals surface area contributed by atoms with E-state index in [1.54, 1.807) is 37.3 Å². The van der Waals surface area contributed by atoms with Crippen LogP contribution in [0.4, 0.5) is 5.82 Å². The number of carbonyl (C=O) groups excluding carboxylic acids is 1. The molecule has 1 atom stereocenters. The van der Waals surface area contributed by atoms with Crippen molar-refractivity contribution in [2.24, 2.45) is 0 Å². The Kier molecular flexibility index (Phi) is 6.18. The van der Waals surface area contributed by atoms with Crippen LogP contribution in [-0.2, 0) is 4.74 Å². The third-order valence-electron chi connectivity index (χ3n) is 5.28. The van der Waals surface area contributed by atoms with Crippen molar-refractivity contribution in [3.05, 3.63) is 36.2 Å². The van der Waals surface area contributed by atoms with Crippen molar-refractivity contribution < 1.29 is 23.7 Å². The Balaban J connectivity index is 1.39. The van der Waals surface area contributed by atoms with Gasteiger partial charge in [0.2, 0.25) is 5.88 Å². The molecule has 1 amide bonds. The number of hydrogen-bond donors (Lipinski definition) is 0. The number of likely N-dealkylation sites (tertiary alicyclic amines) is 1. The van der Waals surface area contributed by atoms with E-state index in [4.69, 9.17) is 18.9 Å². The highest BCUT2D eigenvalue weighted by molar-refractivity contribution is 5.95. The average molecular weight is 414 g/mol. The molecular formula is C21H26N4O5. The maximum Gasteiger partial charge on any atom is 0.254 e. The summed E-state index contributed by atoms with van der Waals surface area (Å²) in [5.41, 5.74) is 0.531. The minimum absolute atomic E-state index is 0.0741. The fourth-order valence-electron chi connectivity index (χ4n) is 3.65. The number of ether oxygens (including phenoxy) is 4. The van der Waals surface area contributed by atoms with Crippen molar-refractivity contribution in [2.75, 3.05) is 58.5 Å². The molecule has 3 heterocycles. The number of morpholine rings is 1. The van der Waals surface area contributed by atoms with Gasteiger partial charge < -0.3 is 28.7 Å². The van der Waals surface area contributed by atoms with E-state index in [-0.39, 0.29) is 12.0 Å². The maximum atomic E-state index is 13.0. The average Bonchev–Trinajstić information content (AvgIpc) is 3.27. The predicted octanol–water partition coefficient (Wildman–Crippen LogP) is 1.62. The fraction of sp³-hybridized carbons (Fsp3) is 0.476. The first-order chi connectivity index (χ1) is 14.7. The standard InChI is InChI=1S/C21H26N4O5/c1-27-17-9-15(10-18(11-17)28-2)21(26)25-4-3-16(13-25)30-20-12-19(22-14-23-20)24-5-7-29-8-6-24/h9-12,14,16H,3-8,13H2,1-2H3. The highest BCUT2D eigenvalue weighted by atomic mass is 16.5. The van der Waals surface area contributed by atoms with Gasteiger partial charge in [0, 0.05) is 43.8 Å². The van der Waals surface area contributed by atoms with Crippen LogP contribution < -0.4 is 19.1 Å². The second-order valence-corrected chi connectivity index (χ2v) is 7.19. The van der Waals surface area contributed by atoms with Crippen molar-refractivity contribution in [2.45, 2.75) is 12.5 Å². The lowest BCUT2D eigenvalue weighted by Gasteiger charge is -2.27. The molecule has 0 radical (unpaired) electrons. The molecule has 2 aliphatic heterocycles. The van der Waals surface area contributed by atoms with Crippen molar-refractivity contribution in [1.82, 2.24) is 14.9 Å². The van der Waals surface area contributed by atoms with Crippen LogP contribution in [0.2, 0.25) is 0 Å². The van der Waals surface area contributed by atoms with Crippen LogP contribution in [-0.4, -0.2) is 80.5 Å². The predicted molar refractivity (Wildman–Crippen MR) is 110 cm³/mol. The number of benzene rings is 1. The number of methoxy groups -OCH3 is 2. The summed E-state index contributed by atoms with van der Waals surface area (Å²) in [4.78, 5) is 25.5. The number of carbonyl (C=O) groups is 1. The molecule has 0 saturated carbocycles. The molecule has 0 spiro atoms. The largest absolute Gasteiger partial charge is 0.497 e. The molecule has 160 valence electrons. The van der Waals surface area contributed by atoms with Gasteiger partial charge in [-0.05, 0) is 12.1 Å². The van der Waals surface area contributed by atoms with Gasteiger partial charge in [-0.25, -0.2) is 9.97 Å². The van der Waals surface area contributed by atoms with E-state index in [9.17, 15) is 4.79 Å². The number of nitrogens with zero attached hydrogens (tertiary/aromatic N) is 4. The Hall–Kier alpha value is -3.07. The van der Waals surface area contributed by atoms with Gasteiger partial charge in [0.1, 0.15) is 29.7 Å². The molecule has 30 heavy (non-hydrogen) atoms. The molecule has 2 aromatic rings. The van der Waals surface area contributed by atoms with Gasteiger partial charge in [-0.1, -0.05) is 0 Å². The van der Waals surface area contributed by atoms with Crippen LogP contribution >= 0.6 is 0 Å². The van der Waals surface area contributed by atoms with Gasteiger partial charge in [-0.2, -0.15) is 0 Å². The lowest BCUT2D eigenvalue weighted by atomic mass is 10.1. The topological polar surface area (TPSA) is 86.2 Å². The molecule has 1 unspecified atom stereocenters. The van der Waals surface area contributed by atoms with Crippen LogP contribution in [0.5, 0.6) is 17.4 Å². The molecule has 2 saturated heterocycles. The summed E-state index contributed by atoms with van der Waals surface area (Å²) in [5.74, 6) is 2.45. The van der Waals surface area contributed by atoms with E-state index in [1.165, 1.54) is 6.33 Å². The van der Waals surface area contributed by atoms with Crippen LogP contribution in [0.3, 0.4) is 0 Å². The number of rotatable bonds is 6. The Morgan fingerprint density at radius 1 is 1.03 bits per heavy atom. The zero-order valence-electron chi connectivity index (χ0n) is 17.2. The number of hydrogen-bond acceptors (Lipinski definition) is 8. The molecule has 0 aliphatic carbocycles. The summed E-state index contributed by atoms with van der Waals surface area (Å²) in [7, 11) is 3.13. The Morgan fingerprint density at radius 2 is 1.77 bits per heavy atom. The third-order valence-corrected chi connectivity index (χ3v) is 5.28. The molecule has 2 fully saturated rings. The van der Waals surface area contributed by atoms with E-state index in [0.717, 1.165) is 25.3 Å². The minimum Gasteiger partial charge on any atom is -0.497 e. The number of aromatic nitrogens is 2. The van der Waals surface area contributed by atoms with E-state index >= 15 is 0 Å². The van der Waals surface area contributed by atoms with Crippen molar-refractivity contribution >= 4 is 11.7 Å². The molecule has 0 N–H and O–H groups in total. The quantitative estimate of drug-likeness (QED) is 0.705. The number of anilines is 1. The summed E-state index contributed by atoms with van der Waals surface area (Å²) < 4.78 is 22.0. The van der Waals surface area contributed by atoms with Crippen LogP contribution in [0.25, 0.3) is 0 Å². The van der Waals surface area contributed by atoms with Gasteiger partial charge in [-0.15, -0.1) is 0 Å². The Labute approximate surface area is 175 Å². The van der Waals surface area contributed by atoms with Crippen molar-refractivity contribution in [3.8, 4) is 17.4 Å². The number of amides is 1. The molecule has 1 aromatic carbocycles. The van der Waals surface area contributed by atoms with E-state index < -0.39 is 0 Å².